The van der Waals surface area contributed by atoms with Crippen LogP contribution >= 0.6 is 0 Å². The van der Waals surface area contributed by atoms with Crippen LogP contribution in [-0.2, 0) is 0 Å². The summed E-state index contributed by atoms with van der Waals surface area (Å²) in [6.07, 6.45) is 2.51. The third-order valence-electron chi connectivity index (χ3n) is 4.29. The van der Waals surface area contributed by atoms with Gasteiger partial charge in [0, 0.05) is 6.20 Å². The van der Waals surface area contributed by atoms with Crippen LogP contribution in [0.2, 0.25) is 0 Å². The van der Waals surface area contributed by atoms with Crippen molar-refractivity contribution in [3.63, 3.8) is 0 Å². The number of benzene rings is 2. The van der Waals surface area contributed by atoms with E-state index in [9.17, 15) is 4.79 Å². The van der Waals surface area contributed by atoms with Crippen LogP contribution < -0.4 is 0 Å². The number of aryl methyl sites for hydroxylation is 1. The normalized spacial score (nSPS) is 10.8. The minimum atomic E-state index is 0.480. The van der Waals surface area contributed by atoms with Crippen LogP contribution in [0.4, 0.5) is 0 Å². The molecule has 0 aliphatic carbocycles. The van der Waals surface area contributed by atoms with Crippen LogP contribution in [0.1, 0.15) is 21.6 Å². The predicted molar refractivity (Wildman–Crippen MR) is 98.8 cm³/mol. The molecule has 26 heavy (non-hydrogen) atoms. The van der Waals surface area contributed by atoms with Gasteiger partial charge in [0.1, 0.15) is 11.4 Å². The second-order valence-electron chi connectivity index (χ2n) is 6.10. The molecule has 0 unspecified atom stereocenters. The van der Waals surface area contributed by atoms with Crippen molar-refractivity contribution in [3.05, 3.63) is 77.6 Å². The first-order valence-electron chi connectivity index (χ1n) is 8.27. The number of hydrogen-bond donors (Lipinski definition) is 0. The van der Waals surface area contributed by atoms with Gasteiger partial charge in [0.2, 0.25) is 0 Å². The smallest absolute Gasteiger partial charge is 0.153 e. The van der Waals surface area contributed by atoms with Gasteiger partial charge in [-0.15, -0.1) is 5.10 Å². The Bertz CT molecular complexity index is 1060. The highest BCUT2D eigenvalue weighted by Gasteiger charge is 2.19. The van der Waals surface area contributed by atoms with Gasteiger partial charge in [-0.1, -0.05) is 41.1 Å². The Labute approximate surface area is 150 Å². The number of rotatable bonds is 4. The van der Waals surface area contributed by atoms with E-state index in [0.29, 0.717) is 17.0 Å². The van der Waals surface area contributed by atoms with E-state index in [1.165, 1.54) is 5.56 Å². The quantitative estimate of drug-likeness (QED) is 0.532. The molecule has 4 rings (SSSR count). The molecule has 0 spiro atoms. The molecular formula is C20H17N5O. The molecule has 6 nitrogen and oxygen atoms in total. The second kappa shape index (κ2) is 6.40. The predicted octanol–water partition coefficient (Wildman–Crippen LogP) is 3.55. The van der Waals surface area contributed by atoms with Gasteiger partial charge in [-0.05, 0) is 38.1 Å². The number of carbonyl (C=O) groups excluding carboxylic acids is 1. The first-order chi connectivity index (χ1) is 12.7. The van der Waals surface area contributed by atoms with E-state index in [2.05, 4.69) is 15.4 Å². The molecule has 0 bridgehead atoms. The Morgan fingerprint density at radius 1 is 0.885 bits per heavy atom. The maximum Gasteiger partial charge on any atom is 0.153 e. The van der Waals surface area contributed by atoms with Gasteiger partial charge in [-0.3, -0.25) is 4.79 Å². The van der Waals surface area contributed by atoms with E-state index in [4.69, 9.17) is 0 Å². The molecule has 6 heteroatoms. The van der Waals surface area contributed by atoms with Crippen molar-refractivity contribution in [2.24, 2.45) is 0 Å². The summed E-state index contributed by atoms with van der Waals surface area (Å²) >= 11 is 0. The first kappa shape index (κ1) is 16.0. The molecule has 0 atom stereocenters. The molecule has 4 aromatic rings. The maximum absolute atomic E-state index is 11.6. The van der Waals surface area contributed by atoms with Gasteiger partial charge in [0.05, 0.1) is 22.6 Å². The number of aromatic nitrogens is 5. The van der Waals surface area contributed by atoms with E-state index < -0.39 is 0 Å². The third-order valence-corrected chi connectivity index (χ3v) is 4.29. The summed E-state index contributed by atoms with van der Waals surface area (Å²) in [5, 5.41) is 13.1. The van der Waals surface area contributed by atoms with Gasteiger partial charge in [0.25, 0.3) is 0 Å². The van der Waals surface area contributed by atoms with Crippen LogP contribution in [0.15, 0.2) is 60.8 Å². The Morgan fingerprint density at radius 3 is 2.31 bits per heavy atom. The van der Waals surface area contributed by atoms with Gasteiger partial charge >= 0.3 is 0 Å². The van der Waals surface area contributed by atoms with Crippen molar-refractivity contribution in [2.45, 2.75) is 13.8 Å². The SMILES string of the molecule is Cc1ccc(-n2nnc(-c3nn(-c4ccccc4)cc3C=O)c2C)cc1. The van der Waals surface area contributed by atoms with Crippen molar-refractivity contribution >= 4 is 6.29 Å². The lowest BCUT2D eigenvalue weighted by atomic mass is 10.2. The van der Waals surface area contributed by atoms with Crippen LogP contribution in [0, 0.1) is 13.8 Å². The minimum Gasteiger partial charge on any atom is -0.298 e. The van der Waals surface area contributed by atoms with Crippen LogP contribution in [0.5, 0.6) is 0 Å². The molecule has 0 aliphatic heterocycles. The standard InChI is InChI=1S/C20H17N5O/c1-14-8-10-18(11-9-14)25-15(2)19(21-23-25)20-16(13-26)12-24(22-20)17-6-4-3-5-7-17/h3-13H,1-2H3. The average Bonchev–Trinajstić information content (AvgIpc) is 3.26. The highest BCUT2D eigenvalue weighted by molar-refractivity contribution is 5.85. The molecule has 128 valence electrons. The number of para-hydroxylation sites is 1. The van der Waals surface area contributed by atoms with Gasteiger partial charge in [0.15, 0.2) is 6.29 Å². The van der Waals surface area contributed by atoms with Gasteiger partial charge in [-0.25, -0.2) is 9.36 Å². The summed E-state index contributed by atoms with van der Waals surface area (Å²) in [5.41, 5.74) is 5.41. The Hall–Kier alpha value is -3.54. The average molecular weight is 343 g/mol. The molecule has 0 radical (unpaired) electrons. The molecule has 0 fully saturated rings. The zero-order valence-electron chi connectivity index (χ0n) is 14.5. The molecule has 0 saturated carbocycles. The van der Waals surface area contributed by atoms with Crippen molar-refractivity contribution in [2.75, 3.05) is 0 Å². The molecule has 0 N–H and O–H groups in total. The maximum atomic E-state index is 11.6. The van der Waals surface area contributed by atoms with Crippen molar-refractivity contribution < 1.29 is 4.79 Å². The topological polar surface area (TPSA) is 65.6 Å². The third kappa shape index (κ3) is 2.71. The fourth-order valence-corrected chi connectivity index (χ4v) is 2.85. The molecular weight excluding hydrogens is 326 g/mol. The monoisotopic (exact) mass is 343 g/mol. The summed E-state index contributed by atoms with van der Waals surface area (Å²) in [4.78, 5) is 11.6. The number of hydrogen-bond acceptors (Lipinski definition) is 4. The molecule has 2 aromatic carbocycles. The minimum absolute atomic E-state index is 0.480. The van der Waals surface area contributed by atoms with E-state index >= 15 is 0 Å². The molecule has 0 saturated heterocycles. The highest BCUT2D eigenvalue weighted by Crippen LogP contribution is 2.25. The first-order valence-corrected chi connectivity index (χ1v) is 8.27. The summed E-state index contributed by atoms with van der Waals surface area (Å²) in [5.74, 6) is 0. The number of carbonyl (C=O) groups is 1. The van der Waals surface area contributed by atoms with Crippen LogP contribution in [-0.4, -0.2) is 31.1 Å². The summed E-state index contributed by atoms with van der Waals surface area (Å²) in [6.45, 7) is 3.96. The second-order valence-corrected chi connectivity index (χ2v) is 6.10. The lowest BCUT2D eigenvalue weighted by molar-refractivity contribution is 0.112. The zero-order valence-corrected chi connectivity index (χ0v) is 14.5. The van der Waals surface area contributed by atoms with Crippen molar-refractivity contribution in [1.29, 1.82) is 0 Å². The fourth-order valence-electron chi connectivity index (χ4n) is 2.85. The highest BCUT2D eigenvalue weighted by atomic mass is 16.1. The summed E-state index contributed by atoms with van der Waals surface area (Å²) in [6, 6.07) is 17.7. The summed E-state index contributed by atoms with van der Waals surface area (Å²) in [7, 11) is 0. The number of aldehydes is 1. The Kier molecular flexibility index (Phi) is 3.93. The fraction of sp³-hybridized carbons (Fsp3) is 0.100. The van der Waals surface area contributed by atoms with E-state index in [1.807, 2.05) is 68.4 Å². The van der Waals surface area contributed by atoms with E-state index in [0.717, 1.165) is 23.4 Å². The van der Waals surface area contributed by atoms with Crippen molar-refractivity contribution in [1.82, 2.24) is 24.8 Å². The van der Waals surface area contributed by atoms with Crippen LogP contribution in [0.25, 0.3) is 22.8 Å². The van der Waals surface area contributed by atoms with Crippen LogP contribution in [0.3, 0.4) is 0 Å². The summed E-state index contributed by atoms with van der Waals surface area (Å²) < 4.78 is 3.44. The van der Waals surface area contributed by atoms with E-state index in [1.54, 1.807) is 15.6 Å². The molecule has 2 aromatic heterocycles. The van der Waals surface area contributed by atoms with E-state index in [-0.39, 0.29) is 0 Å². The van der Waals surface area contributed by atoms with Gasteiger partial charge in [-0.2, -0.15) is 5.10 Å². The lowest BCUT2D eigenvalue weighted by Crippen LogP contribution is -1.99. The number of nitrogens with zero attached hydrogens (tertiary/aromatic N) is 5. The van der Waals surface area contributed by atoms with Crippen molar-refractivity contribution in [3.8, 4) is 22.8 Å². The molecule has 0 amide bonds. The Balaban J connectivity index is 1.80. The largest absolute Gasteiger partial charge is 0.298 e. The zero-order chi connectivity index (χ0) is 18.1. The Morgan fingerprint density at radius 2 is 1.62 bits per heavy atom. The van der Waals surface area contributed by atoms with Gasteiger partial charge < -0.3 is 0 Å². The lowest BCUT2D eigenvalue weighted by Gasteiger charge is -2.04. The molecule has 2 heterocycles. The molecule has 0 aliphatic rings.